The number of hydrogen-bond donors (Lipinski definition) is 1. The lowest BCUT2D eigenvalue weighted by Crippen LogP contribution is -2.44. The van der Waals surface area contributed by atoms with Gasteiger partial charge in [0.1, 0.15) is 0 Å². The normalized spacial score (nSPS) is 27.7. The number of nitrogens with two attached hydrogens (primary N) is 1. The lowest BCUT2D eigenvalue weighted by Gasteiger charge is -2.33. The molecule has 1 saturated carbocycles. The first-order valence-electron chi connectivity index (χ1n) is 6.52. The highest BCUT2D eigenvalue weighted by atomic mass is 16.2. The zero-order chi connectivity index (χ0) is 13.9. The number of likely N-dealkylation sites (N-methyl/N-ethyl adjacent to an activating group) is 2. The fourth-order valence-electron chi connectivity index (χ4n) is 2.59. The maximum absolute atomic E-state index is 12.2. The van der Waals surface area contributed by atoms with Gasteiger partial charge in [0.2, 0.25) is 11.8 Å². The molecule has 0 aliphatic heterocycles. The van der Waals surface area contributed by atoms with Crippen molar-refractivity contribution in [2.24, 2.45) is 17.6 Å². The van der Waals surface area contributed by atoms with E-state index in [4.69, 9.17) is 5.73 Å². The Hall–Kier alpha value is -1.10. The van der Waals surface area contributed by atoms with Gasteiger partial charge in [-0.3, -0.25) is 9.59 Å². The summed E-state index contributed by atoms with van der Waals surface area (Å²) in [6.45, 7) is 2.27. The highest BCUT2D eigenvalue weighted by Gasteiger charge is 2.31. The zero-order valence-corrected chi connectivity index (χ0v) is 11.8. The van der Waals surface area contributed by atoms with Gasteiger partial charge in [-0.15, -0.1) is 0 Å². The predicted octanol–water partition coefficient (Wildman–Crippen LogP) is 0.297. The van der Waals surface area contributed by atoms with Gasteiger partial charge in [0.15, 0.2) is 0 Å². The van der Waals surface area contributed by atoms with Gasteiger partial charge in [-0.25, -0.2) is 0 Å². The topological polar surface area (TPSA) is 66.6 Å². The van der Waals surface area contributed by atoms with Crippen molar-refractivity contribution in [2.75, 3.05) is 27.7 Å². The third-order valence-electron chi connectivity index (χ3n) is 3.58. The SMILES string of the molecule is CC1CC(N)CC(C(=O)N(C)CC(=O)N(C)C)C1. The highest BCUT2D eigenvalue weighted by Crippen LogP contribution is 2.29. The van der Waals surface area contributed by atoms with E-state index in [0.29, 0.717) is 5.92 Å². The lowest BCUT2D eigenvalue weighted by atomic mass is 9.79. The molecule has 1 aliphatic rings. The van der Waals surface area contributed by atoms with Crippen LogP contribution in [-0.4, -0.2) is 55.3 Å². The van der Waals surface area contributed by atoms with Crippen LogP contribution < -0.4 is 5.73 Å². The van der Waals surface area contributed by atoms with Crippen LogP contribution in [0.15, 0.2) is 0 Å². The molecule has 104 valence electrons. The molecule has 0 radical (unpaired) electrons. The number of hydrogen-bond acceptors (Lipinski definition) is 3. The maximum Gasteiger partial charge on any atom is 0.241 e. The summed E-state index contributed by atoms with van der Waals surface area (Å²) in [6, 6.07) is 0.112. The molecule has 5 nitrogen and oxygen atoms in total. The molecular weight excluding hydrogens is 230 g/mol. The van der Waals surface area contributed by atoms with Crippen molar-refractivity contribution in [1.29, 1.82) is 0 Å². The summed E-state index contributed by atoms with van der Waals surface area (Å²) < 4.78 is 0. The molecule has 1 aliphatic carbocycles. The van der Waals surface area contributed by atoms with Crippen LogP contribution in [0, 0.1) is 11.8 Å². The maximum atomic E-state index is 12.2. The molecule has 3 atom stereocenters. The Kier molecular flexibility index (Phi) is 5.14. The zero-order valence-electron chi connectivity index (χ0n) is 11.8. The molecule has 0 aromatic heterocycles. The average Bonchev–Trinajstić information content (AvgIpc) is 2.26. The smallest absolute Gasteiger partial charge is 0.241 e. The van der Waals surface area contributed by atoms with E-state index in [1.54, 1.807) is 21.1 Å². The molecule has 0 saturated heterocycles. The van der Waals surface area contributed by atoms with Crippen LogP contribution in [0.3, 0.4) is 0 Å². The molecule has 5 heteroatoms. The molecular formula is C13H25N3O2. The first kappa shape index (κ1) is 15.0. The molecule has 0 spiro atoms. The van der Waals surface area contributed by atoms with Crippen molar-refractivity contribution in [1.82, 2.24) is 9.80 Å². The van der Waals surface area contributed by atoms with E-state index in [0.717, 1.165) is 19.3 Å². The molecule has 2 amide bonds. The Morgan fingerprint density at radius 3 is 2.28 bits per heavy atom. The summed E-state index contributed by atoms with van der Waals surface area (Å²) in [5, 5.41) is 0. The van der Waals surface area contributed by atoms with E-state index in [9.17, 15) is 9.59 Å². The van der Waals surface area contributed by atoms with E-state index >= 15 is 0 Å². The molecule has 1 fully saturated rings. The molecule has 0 aromatic rings. The van der Waals surface area contributed by atoms with Gasteiger partial charge >= 0.3 is 0 Å². The second kappa shape index (κ2) is 6.18. The van der Waals surface area contributed by atoms with Crippen molar-refractivity contribution in [3.05, 3.63) is 0 Å². The minimum Gasteiger partial charge on any atom is -0.347 e. The Morgan fingerprint density at radius 1 is 1.17 bits per heavy atom. The fraction of sp³-hybridized carbons (Fsp3) is 0.846. The number of carbonyl (C=O) groups is 2. The van der Waals surface area contributed by atoms with Gasteiger partial charge in [-0.05, 0) is 25.2 Å². The second-order valence-electron chi connectivity index (χ2n) is 5.75. The molecule has 1 rings (SSSR count). The lowest BCUT2D eigenvalue weighted by molar-refractivity contribution is -0.141. The summed E-state index contributed by atoms with van der Waals surface area (Å²) in [5.41, 5.74) is 5.96. The Balaban J connectivity index is 2.55. The number of nitrogens with zero attached hydrogens (tertiary/aromatic N) is 2. The second-order valence-corrected chi connectivity index (χ2v) is 5.75. The van der Waals surface area contributed by atoms with E-state index in [2.05, 4.69) is 6.92 Å². The van der Waals surface area contributed by atoms with Gasteiger partial charge < -0.3 is 15.5 Å². The Bertz CT molecular complexity index is 307. The first-order chi connectivity index (χ1) is 8.31. The van der Waals surface area contributed by atoms with Crippen LogP contribution in [0.5, 0.6) is 0 Å². The van der Waals surface area contributed by atoms with Gasteiger partial charge in [0, 0.05) is 33.1 Å². The number of amides is 2. The summed E-state index contributed by atoms with van der Waals surface area (Å²) in [7, 11) is 5.08. The Morgan fingerprint density at radius 2 is 1.78 bits per heavy atom. The van der Waals surface area contributed by atoms with Gasteiger partial charge in [-0.2, -0.15) is 0 Å². The van der Waals surface area contributed by atoms with Crippen molar-refractivity contribution in [3.63, 3.8) is 0 Å². The van der Waals surface area contributed by atoms with E-state index in [1.165, 1.54) is 9.80 Å². The van der Waals surface area contributed by atoms with Crippen LogP contribution in [-0.2, 0) is 9.59 Å². The Labute approximate surface area is 109 Å². The van der Waals surface area contributed by atoms with E-state index in [1.807, 2.05) is 0 Å². The minimum absolute atomic E-state index is 0.0243. The van der Waals surface area contributed by atoms with Gasteiger partial charge in [-0.1, -0.05) is 6.92 Å². The van der Waals surface area contributed by atoms with Crippen molar-refractivity contribution >= 4 is 11.8 Å². The summed E-state index contributed by atoms with van der Waals surface area (Å²) in [4.78, 5) is 26.8. The average molecular weight is 255 g/mol. The quantitative estimate of drug-likeness (QED) is 0.788. The number of rotatable bonds is 3. The van der Waals surface area contributed by atoms with Gasteiger partial charge in [0.05, 0.1) is 6.54 Å². The molecule has 0 aromatic carbocycles. The third-order valence-corrected chi connectivity index (χ3v) is 3.58. The molecule has 2 N–H and O–H groups in total. The van der Waals surface area contributed by atoms with Crippen LogP contribution >= 0.6 is 0 Å². The summed E-state index contributed by atoms with van der Waals surface area (Å²) >= 11 is 0. The standard InChI is InChI=1S/C13H25N3O2/c1-9-5-10(7-11(14)6-9)13(18)16(4)8-12(17)15(2)3/h9-11H,5-8,14H2,1-4H3. The summed E-state index contributed by atoms with van der Waals surface area (Å²) in [6.07, 6.45) is 2.61. The van der Waals surface area contributed by atoms with E-state index < -0.39 is 0 Å². The first-order valence-corrected chi connectivity index (χ1v) is 6.52. The van der Waals surface area contributed by atoms with Crippen molar-refractivity contribution < 1.29 is 9.59 Å². The molecule has 3 unspecified atom stereocenters. The van der Waals surface area contributed by atoms with E-state index in [-0.39, 0.29) is 30.3 Å². The predicted molar refractivity (Wildman–Crippen MR) is 70.8 cm³/mol. The van der Waals surface area contributed by atoms with Gasteiger partial charge in [0.25, 0.3) is 0 Å². The minimum atomic E-state index is -0.0565. The highest BCUT2D eigenvalue weighted by molar-refractivity contribution is 5.85. The van der Waals surface area contributed by atoms with Crippen LogP contribution in [0.4, 0.5) is 0 Å². The van der Waals surface area contributed by atoms with Crippen LogP contribution in [0.1, 0.15) is 26.2 Å². The largest absolute Gasteiger partial charge is 0.347 e. The molecule has 0 heterocycles. The fourth-order valence-corrected chi connectivity index (χ4v) is 2.59. The monoisotopic (exact) mass is 255 g/mol. The molecule has 18 heavy (non-hydrogen) atoms. The van der Waals surface area contributed by atoms with Crippen LogP contribution in [0.2, 0.25) is 0 Å². The summed E-state index contributed by atoms with van der Waals surface area (Å²) in [5.74, 6) is 0.454. The molecule has 0 bridgehead atoms. The van der Waals surface area contributed by atoms with Crippen LogP contribution in [0.25, 0.3) is 0 Å². The van der Waals surface area contributed by atoms with Crippen molar-refractivity contribution in [2.45, 2.75) is 32.2 Å². The van der Waals surface area contributed by atoms with Crippen molar-refractivity contribution in [3.8, 4) is 0 Å². The number of carbonyl (C=O) groups excluding carboxylic acids is 2. The third kappa shape index (κ3) is 3.98.